The number of fused-ring (bicyclic) bond motifs is 1. The first kappa shape index (κ1) is 22.7. The summed E-state index contributed by atoms with van der Waals surface area (Å²) in [7, 11) is 0.0685. The van der Waals surface area contributed by atoms with E-state index in [0.717, 1.165) is 5.56 Å². The van der Waals surface area contributed by atoms with Gasteiger partial charge in [0.25, 0.3) is 0 Å². The molecule has 10 heteroatoms. The van der Waals surface area contributed by atoms with Crippen LogP contribution in [-0.4, -0.2) is 62.4 Å². The van der Waals surface area contributed by atoms with Crippen LogP contribution in [0.4, 0.5) is 8.78 Å². The number of aromatic nitrogens is 3. The second-order valence-corrected chi connectivity index (χ2v) is 7.41. The number of nitrogens with zero attached hydrogens (tertiary/aromatic N) is 2. The van der Waals surface area contributed by atoms with Gasteiger partial charge in [-0.15, -0.1) is 0 Å². The molecule has 1 radical (unpaired) electrons. The molecule has 0 saturated carbocycles. The van der Waals surface area contributed by atoms with Crippen molar-refractivity contribution in [1.29, 1.82) is 0 Å². The third-order valence-corrected chi connectivity index (χ3v) is 5.45. The molecule has 2 aromatic heterocycles. The van der Waals surface area contributed by atoms with Gasteiger partial charge in [0.05, 0.1) is 40.4 Å². The zero-order chi connectivity index (χ0) is 19.7. The van der Waals surface area contributed by atoms with Crippen LogP contribution < -0.4 is 9.47 Å². The quantitative estimate of drug-likeness (QED) is 0.621. The molecule has 1 aromatic carbocycles. The zero-order valence-corrected chi connectivity index (χ0v) is 19.1. The molecule has 3 rings (SSSR count). The van der Waals surface area contributed by atoms with Crippen molar-refractivity contribution in [2.24, 2.45) is 0 Å². The van der Waals surface area contributed by atoms with E-state index in [1.807, 2.05) is 6.92 Å². The molecule has 28 heavy (non-hydrogen) atoms. The first-order valence-electron chi connectivity index (χ1n) is 8.13. The van der Waals surface area contributed by atoms with Gasteiger partial charge in [-0.2, -0.15) is 8.78 Å². The number of rotatable bonds is 6. The van der Waals surface area contributed by atoms with E-state index in [-0.39, 0.29) is 46.2 Å². The van der Waals surface area contributed by atoms with E-state index in [4.69, 9.17) is 4.74 Å². The summed E-state index contributed by atoms with van der Waals surface area (Å²) >= 11 is 0. The summed E-state index contributed by atoms with van der Waals surface area (Å²) < 4.78 is 47.9. The van der Waals surface area contributed by atoms with Gasteiger partial charge in [0.1, 0.15) is 11.5 Å². The van der Waals surface area contributed by atoms with Gasteiger partial charge in [-0.05, 0) is 38.5 Å². The summed E-state index contributed by atoms with van der Waals surface area (Å²) in [6.07, 6.45) is 1.60. The minimum atomic E-state index is -2.92. The molecule has 0 aliphatic heterocycles. The van der Waals surface area contributed by atoms with Crippen LogP contribution in [0.5, 0.6) is 11.5 Å². The van der Waals surface area contributed by atoms with E-state index in [2.05, 4.69) is 19.7 Å². The van der Waals surface area contributed by atoms with Gasteiger partial charge in [0, 0.05) is 46.9 Å². The Morgan fingerprint density at radius 3 is 2.61 bits per heavy atom. The second kappa shape index (κ2) is 9.30. The van der Waals surface area contributed by atoms with Gasteiger partial charge in [-0.25, -0.2) is 4.98 Å². The number of imidazole rings is 1. The molecule has 145 valence electrons. The summed E-state index contributed by atoms with van der Waals surface area (Å²) in [5.74, 6) is 0.912. The molecule has 0 amide bonds. The molecule has 3 aromatic rings. The van der Waals surface area contributed by atoms with Gasteiger partial charge in [0.2, 0.25) is 0 Å². The van der Waals surface area contributed by atoms with Crippen LogP contribution in [0.15, 0.2) is 23.5 Å². The van der Waals surface area contributed by atoms with Crippen LogP contribution in [0.25, 0.3) is 11.0 Å². The molecule has 1 atom stereocenters. The number of benzene rings is 1. The maximum atomic E-state index is 12.8. The second-order valence-electron chi connectivity index (χ2n) is 6.04. The molecule has 0 aliphatic rings. The Labute approximate surface area is 185 Å². The molecule has 1 unspecified atom stereocenters. The topological polar surface area (TPSA) is 77.1 Å². The van der Waals surface area contributed by atoms with Crippen LogP contribution in [0.3, 0.4) is 0 Å². The van der Waals surface area contributed by atoms with Crippen molar-refractivity contribution in [1.82, 2.24) is 15.0 Å². The van der Waals surface area contributed by atoms with Crippen molar-refractivity contribution in [3.05, 3.63) is 40.7 Å². The molecule has 0 fully saturated rings. The standard InChI is InChI=1S/C18H19F2N3O3S.Na/c1-9-7-12-15(11(3)16(9)26-17(19)20)23-18(22-12)27(24)8-13-10(2)14(25-4)5-6-21-13;/h5-7,17H,8H2,1-4H3,(H,22,23);. The Kier molecular flexibility index (Phi) is 7.55. The molecule has 0 aliphatic carbocycles. The van der Waals surface area contributed by atoms with E-state index in [1.165, 1.54) is 0 Å². The Balaban J connectivity index is 0.00000280. The maximum Gasteiger partial charge on any atom is 0.387 e. The van der Waals surface area contributed by atoms with Gasteiger partial charge in [0.15, 0.2) is 5.16 Å². The summed E-state index contributed by atoms with van der Waals surface area (Å²) in [5, 5.41) is 0.255. The number of ether oxygens (including phenoxy) is 2. The van der Waals surface area contributed by atoms with Crippen LogP contribution in [0, 0.1) is 20.8 Å². The number of H-pyrrole nitrogens is 1. The molecule has 6 nitrogen and oxygen atoms in total. The summed E-state index contributed by atoms with van der Waals surface area (Å²) in [6, 6.07) is 3.39. The fourth-order valence-electron chi connectivity index (χ4n) is 2.94. The average Bonchev–Trinajstić information content (AvgIpc) is 3.04. The predicted octanol–water partition coefficient (Wildman–Crippen LogP) is 3.42. The number of aryl methyl sites for hydroxylation is 2. The van der Waals surface area contributed by atoms with Crippen molar-refractivity contribution < 1.29 is 22.5 Å². The molecule has 0 bridgehead atoms. The molecule has 1 N–H and O–H groups in total. The fourth-order valence-corrected chi connectivity index (χ4v) is 4.03. The number of methoxy groups -OCH3 is 1. The van der Waals surface area contributed by atoms with Crippen molar-refractivity contribution in [3.63, 3.8) is 0 Å². The largest absolute Gasteiger partial charge is 0.496 e. The minimum absolute atomic E-state index is 0. The summed E-state index contributed by atoms with van der Waals surface area (Å²) in [5.41, 5.74) is 3.54. The Bertz CT molecular complexity index is 1030. The third-order valence-electron chi connectivity index (χ3n) is 4.29. The third kappa shape index (κ3) is 4.53. The smallest absolute Gasteiger partial charge is 0.387 e. The Morgan fingerprint density at radius 2 is 1.96 bits per heavy atom. The fraction of sp³-hybridized carbons (Fsp3) is 0.333. The minimum Gasteiger partial charge on any atom is -0.496 e. The molecule has 0 saturated heterocycles. The van der Waals surface area contributed by atoms with E-state index >= 15 is 0 Å². The number of nitrogens with one attached hydrogen (secondary N) is 1. The Morgan fingerprint density at radius 1 is 1.25 bits per heavy atom. The Hall–Kier alpha value is -1.55. The SMILES string of the molecule is COc1ccnc(CS(=O)c2nc3c(C)c(OC(F)F)c(C)cc3[nH]2)c1C.[Na]. The summed E-state index contributed by atoms with van der Waals surface area (Å²) in [6.45, 7) is 2.24. The molecule has 0 spiro atoms. The number of hydrogen-bond acceptors (Lipinski definition) is 5. The summed E-state index contributed by atoms with van der Waals surface area (Å²) in [4.78, 5) is 11.6. The molecular weight excluding hydrogens is 399 g/mol. The number of alkyl halides is 2. The van der Waals surface area contributed by atoms with Crippen molar-refractivity contribution in [2.75, 3.05) is 7.11 Å². The van der Waals surface area contributed by atoms with E-state index < -0.39 is 17.4 Å². The normalized spacial score (nSPS) is 12.1. The van der Waals surface area contributed by atoms with Gasteiger partial charge in [-0.1, -0.05) is 0 Å². The first-order valence-corrected chi connectivity index (χ1v) is 9.45. The van der Waals surface area contributed by atoms with E-state index in [0.29, 0.717) is 33.6 Å². The monoisotopic (exact) mass is 418 g/mol. The number of halogens is 2. The van der Waals surface area contributed by atoms with Crippen molar-refractivity contribution >= 4 is 51.4 Å². The van der Waals surface area contributed by atoms with E-state index in [1.54, 1.807) is 39.3 Å². The maximum absolute atomic E-state index is 12.8. The molecular formula is C18H19F2N3NaO3S. The number of hydrogen-bond donors (Lipinski definition) is 1. The number of aromatic amines is 1. The van der Waals surface area contributed by atoms with Gasteiger partial charge >= 0.3 is 6.61 Å². The number of pyridine rings is 1. The predicted molar refractivity (Wildman–Crippen MR) is 104 cm³/mol. The van der Waals surface area contributed by atoms with Crippen LogP contribution >= 0.6 is 0 Å². The first-order chi connectivity index (χ1) is 12.8. The average molecular weight is 418 g/mol. The van der Waals surface area contributed by atoms with Gasteiger partial charge < -0.3 is 14.5 Å². The van der Waals surface area contributed by atoms with Crippen molar-refractivity contribution in [2.45, 2.75) is 38.3 Å². The van der Waals surface area contributed by atoms with Crippen LogP contribution in [0.1, 0.15) is 22.4 Å². The van der Waals surface area contributed by atoms with Crippen molar-refractivity contribution in [3.8, 4) is 11.5 Å². The van der Waals surface area contributed by atoms with Crippen LogP contribution in [-0.2, 0) is 16.6 Å². The zero-order valence-electron chi connectivity index (χ0n) is 16.3. The van der Waals surface area contributed by atoms with Crippen LogP contribution in [0.2, 0.25) is 0 Å². The van der Waals surface area contributed by atoms with E-state index in [9.17, 15) is 13.0 Å². The van der Waals surface area contributed by atoms with Gasteiger partial charge in [-0.3, -0.25) is 9.19 Å². The molecule has 2 heterocycles.